The molecule has 2 nitrogen and oxygen atoms in total. The molecular weight excluding hydrogens is 219 g/mol. The lowest BCUT2D eigenvalue weighted by Crippen LogP contribution is -2.48. The number of amides is 1. The van der Waals surface area contributed by atoms with Gasteiger partial charge in [-0.2, -0.15) is 13.2 Å². The summed E-state index contributed by atoms with van der Waals surface area (Å²) < 4.78 is 35.9. The Kier molecular flexibility index (Phi) is 4.83. The fourth-order valence-electron chi connectivity index (χ4n) is 1.13. The number of hydrogen-bond donors (Lipinski definition) is 0. The summed E-state index contributed by atoms with van der Waals surface area (Å²) >= 11 is 0. The van der Waals surface area contributed by atoms with Crippen molar-refractivity contribution in [1.29, 1.82) is 0 Å². The van der Waals surface area contributed by atoms with Crippen molar-refractivity contribution in [3.05, 3.63) is 0 Å². The van der Waals surface area contributed by atoms with Gasteiger partial charge in [0.2, 0.25) is 5.91 Å². The molecule has 5 heteroatoms. The lowest BCUT2D eigenvalue weighted by Gasteiger charge is -2.39. The maximum atomic E-state index is 12.0. The van der Waals surface area contributed by atoms with Gasteiger partial charge in [-0.3, -0.25) is 4.79 Å². The van der Waals surface area contributed by atoms with Gasteiger partial charge in [0, 0.05) is 19.0 Å². The second-order valence-electron chi connectivity index (χ2n) is 4.88. The van der Waals surface area contributed by atoms with Gasteiger partial charge < -0.3 is 4.90 Å². The first-order valence-corrected chi connectivity index (χ1v) is 5.32. The molecular formula is C11H20F3NO. The van der Waals surface area contributed by atoms with E-state index in [9.17, 15) is 18.0 Å². The Hall–Kier alpha value is -0.740. The summed E-state index contributed by atoms with van der Waals surface area (Å²) in [7, 11) is 1.55. The molecule has 0 fully saturated rings. The maximum absolute atomic E-state index is 12.0. The van der Waals surface area contributed by atoms with Crippen LogP contribution in [0.4, 0.5) is 13.2 Å². The zero-order chi connectivity index (χ0) is 13.1. The molecule has 0 saturated heterocycles. The summed E-state index contributed by atoms with van der Waals surface area (Å²) in [5.41, 5.74) is -0.428. The average molecular weight is 239 g/mol. The zero-order valence-electron chi connectivity index (χ0n) is 10.5. The van der Waals surface area contributed by atoms with Gasteiger partial charge >= 0.3 is 6.18 Å². The van der Waals surface area contributed by atoms with Crippen LogP contribution in [0.5, 0.6) is 0 Å². The number of alkyl halides is 3. The first kappa shape index (κ1) is 15.3. The molecule has 0 aliphatic rings. The van der Waals surface area contributed by atoms with Crippen LogP contribution in [0.2, 0.25) is 0 Å². The van der Waals surface area contributed by atoms with E-state index in [1.54, 1.807) is 7.05 Å². The minimum Gasteiger partial charge on any atom is -0.340 e. The van der Waals surface area contributed by atoms with Gasteiger partial charge in [-0.1, -0.05) is 13.8 Å². The van der Waals surface area contributed by atoms with Gasteiger partial charge in [0.1, 0.15) is 0 Å². The van der Waals surface area contributed by atoms with Crippen LogP contribution < -0.4 is 0 Å². The van der Waals surface area contributed by atoms with Crippen molar-refractivity contribution >= 4 is 5.91 Å². The molecule has 0 aliphatic heterocycles. The van der Waals surface area contributed by atoms with E-state index in [1.807, 2.05) is 27.7 Å². The van der Waals surface area contributed by atoms with Crippen molar-refractivity contribution in [3.8, 4) is 0 Å². The molecule has 0 aromatic rings. The summed E-state index contributed by atoms with van der Waals surface area (Å²) in [6, 6.07) is 0. The third kappa shape index (κ3) is 4.41. The Morgan fingerprint density at radius 3 is 2.00 bits per heavy atom. The highest BCUT2D eigenvalue weighted by Gasteiger charge is 2.33. The van der Waals surface area contributed by atoms with Crippen molar-refractivity contribution in [2.24, 2.45) is 5.92 Å². The molecule has 0 atom stereocenters. The predicted octanol–water partition coefficient (Wildman–Crippen LogP) is 3.22. The van der Waals surface area contributed by atoms with Crippen LogP contribution in [0.15, 0.2) is 0 Å². The highest BCUT2D eigenvalue weighted by Crippen LogP contribution is 2.26. The molecule has 0 radical (unpaired) electrons. The first-order valence-electron chi connectivity index (χ1n) is 5.32. The SMILES string of the molecule is CC(C)C(C)(C)N(C)C(=O)CCC(F)(F)F. The first-order chi connectivity index (χ1) is 6.98. The van der Waals surface area contributed by atoms with Crippen LogP contribution in [0.3, 0.4) is 0 Å². The maximum Gasteiger partial charge on any atom is 0.389 e. The summed E-state index contributed by atoms with van der Waals surface area (Å²) in [6.45, 7) is 7.58. The minimum absolute atomic E-state index is 0.187. The molecule has 0 aliphatic carbocycles. The van der Waals surface area contributed by atoms with Crippen molar-refractivity contribution in [2.45, 2.75) is 52.3 Å². The van der Waals surface area contributed by atoms with Crippen LogP contribution in [0.25, 0.3) is 0 Å². The molecule has 1 amide bonds. The topological polar surface area (TPSA) is 20.3 Å². The molecule has 16 heavy (non-hydrogen) atoms. The van der Waals surface area contributed by atoms with Crippen LogP contribution in [0.1, 0.15) is 40.5 Å². The molecule has 0 aromatic carbocycles. The van der Waals surface area contributed by atoms with E-state index < -0.39 is 30.5 Å². The van der Waals surface area contributed by atoms with Gasteiger partial charge in [0.15, 0.2) is 0 Å². The summed E-state index contributed by atoms with van der Waals surface area (Å²) in [4.78, 5) is 13.0. The van der Waals surface area contributed by atoms with E-state index >= 15 is 0 Å². The largest absolute Gasteiger partial charge is 0.389 e. The third-order valence-corrected chi connectivity index (χ3v) is 3.27. The number of rotatable bonds is 4. The summed E-state index contributed by atoms with van der Waals surface area (Å²) in [5.74, 6) is -0.275. The fraction of sp³-hybridized carbons (Fsp3) is 0.909. The van der Waals surface area contributed by atoms with E-state index in [4.69, 9.17) is 0 Å². The standard InChI is InChI=1S/C11H20F3NO/c1-8(2)10(3,4)15(5)9(16)6-7-11(12,13)14/h8H,6-7H2,1-5H3. The Morgan fingerprint density at radius 1 is 1.25 bits per heavy atom. The molecule has 0 bridgehead atoms. The Balaban J connectivity index is 4.41. The van der Waals surface area contributed by atoms with Crippen molar-refractivity contribution in [2.75, 3.05) is 7.05 Å². The van der Waals surface area contributed by atoms with E-state index in [2.05, 4.69) is 0 Å². The van der Waals surface area contributed by atoms with E-state index in [1.165, 1.54) is 4.90 Å². The van der Waals surface area contributed by atoms with Crippen LogP contribution >= 0.6 is 0 Å². The number of halogens is 3. The monoisotopic (exact) mass is 239 g/mol. The highest BCUT2D eigenvalue weighted by atomic mass is 19.4. The number of carbonyl (C=O) groups is 1. The molecule has 0 aromatic heterocycles. The van der Waals surface area contributed by atoms with Crippen LogP contribution in [0, 0.1) is 5.92 Å². The molecule has 0 saturated carbocycles. The number of carbonyl (C=O) groups excluding carboxylic acids is 1. The summed E-state index contributed by atoms with van der Waals surface area (Å²) in [5, 5.41) is 0. The Labute approximate surface area is 94.8 Å². The predicted molar refractivity (Wildman–Crippen MR) is 57.0 cm³/mol. The smallest absolute Gasteiger partial charge is 0.340 e. The van der Waals surface area contributed by atoms with E-state index in [-0.39, 0.29) is 5.92 Å². The molecule has 0 rings (SSSR count). The quantitative estimate of drug-likeness (QED) is 0.737. The second kappa shape index (κ2) is 5.06. The lowest BCUT2D eigenvalue weighted by molar-refractivity contribution is -0.151. The Morgan fingerprint density at radius 2 is 1.69 bits per heavy atom. The van der Waals surface area contributed by atoms with Crippen LogP contribution in [-0.2, 0) is 4.79 Å². The normalized spacial score (nSPS) is 13.1. The summed E-state index contributed by atoms with van der Waals surface area (Å²) in [6.07, 6.45) is -5.79. The molecule has 0 N–H and O–H groups in total. The molecule has 0 unspecified atom stereocenters. The van der Waals surface area contributed by atoms with Crippen LogP contribution in [-0.4, -0.2) is 29.6 Å². The average Bonchev–Trinajstić information content (AvgIpc) is 2.11. The van der Waals surface area contributed by atoms with Gasteiger partial charge in [-0.05, 0) is 19.8 Å². The van der Waals surface area contributed by atoms with Crippen molar-refractivity contribution in [3.63, 3.8) is 0 Å². The Bertz CT molecular complexity index is 246. The third-order valence-electron chi connectivity index (χ3n) is 3.27. The van der Waals surface area contributed by atoms with E-state index in [0.717, 1.165) is 0 Å². The van der Waals surface area contributed by atoms with E-state index in [0.29, 0.717) is 0 Å². The van der Waals surface area contributed by atoms with Crippen molar-refractivity contribution < 1.29 is 18.0 Å². The zero-order valence-corrected chi connectivity index (χ0v) is 10.5. The molecule has 0 spiro atoms. The number of hydrogen-bond acceptors (Lipinski definition) is 1. The van der Waals surface area contributed by atoms with Gasteiger partial charge in [-0.25, -0.2) is 0 Å². The minimum atomic E-state index is -4.27. The molecule has 96 valence electrons. The van der Waals surface area contributed by atoms with Gasteiger partial charge in [0.05, 0.1) is 6.42 Å². The highest BCUT2D eigenvalue weighted by molar-refractivity contribution is 5.76. The number of nitrogens with zero attached hydrogens (tertiary/aromatic N) is 1. The van der Waals surface area contributed by atoms with Crippen molar-refractivity contribution in [1.82, 2.24) is 4.90 Å². The van der Waals surface area contributed by atoms with Gasteiger partial charge in [-0.15, -0.1) is 0 Å². The fourth-order valence-corrected chi connectivity index (χ4v) is 1.13. The lowest BCUT2D eigenvalue weighted by atomic mass is 9.89. The molecule has 0 heterocycles. The van der Waals surface area contributed by atoms with Gasteiger partial charge in [0.25, 0.3) is 0 Å². The second-order valence-corrected chi connectivity index (χ2v) is 4.88.